The number of methoxy groups -OCH3 is 2. The van der Waals surface area contributed by atoms with Crippen LogP contribution in [0.4, 0.5) is 0 Å². The van der Waals surface area contributed by atoms with Gasteiger partial charge >= 0.3 is 0 Å². The Hall–Kier alpha value is -2.22. The van der Waals surface area contributed by atoms with E-state index in [1.165, 1.54) is 31.0 Å². The topological polar surface area (TPSA) is 86.5 Å². The second-order valence-electron chi connectivity index (χ2n) is 6.55. The third-order valence-corrected chi connectivity index (χ3v) is 5.57. The van der Waals surface area contributed by atoms with Gasteiger partial charge in [-0.3, -0.25) is 4.79 Å². The highest BCUT2D eigenvalue weighted by Crippen LogP contribution is 2.33. The van der Waals surface area contributed by atoms with Gasteiger partial charge in [-0.15, -0.1) is 10.2 Å². The van der Waals surface area contributed by atoms with E-state index in [0.717, 1.165) is 18.4 Å². The predicted molar refractivity (Wildman–Crippen MR) is 103 cm³/mol. The maximum atomic E-state index is 12.4. The minimum Gasteiger partial charge on any atom is -0.493 e. The SMILES string of the molecule is COc1ccc(-c2nnc(S[C@@H](C)C(=O)NC3CCCCC3)o2)cc1OC. The molecule has 146 valence electrons. The molecule has 1 saturated carbocycles. The highest BCUT2D eigenvalue weighted by atomic mass is 32.2. The van der Waals surface area contributed by atoms with Crippen LogP contribution in [0.1, 0.15) is 39.0 Å². The Morgan fingerprint density at radius 2 is 1.93 bits per heavy atom. The summed E-state index contributed by atoms with van der Waals surface area (Å²) in [6.45, 7) is 1.85. The first kappa shape index (κ1) is 19.5. The molecule has 2 aromatic rings. The highest BCUT2D eigenvalue weighted by Gasteiger charge is 2.22. The van der Waals surface area contributed by atoms with E-state index < -0.39 is 0 Å². The van der Waals surface area contributed by atoms with Gasteiger partial charge in [-0.25, -0.2) is 0 Å². The van der Waals surface area contributed by atoms with Crippen LogP contribution < -0.4 is 14.8 Å². The van der Waals surface area contributed by atoms with Crippen molar-refractivity contribution in [3.63, 3.8) is 0 Å². The maximum absolute atomic E-state index is 12.4. The summed E-state index contributed by atoms with van der Waals surface area (Å²) in [5.74, 6) is 1.60. The van der Waals surface area contributed by atoms with Gasteiger partial charge in [-0.1, -0.05) is 31.0 Å². The Morgan fingerprint density at radius 3 is 2.63 bits per heavy atom. The largest absolute Gasteiger partial charge is 0.493 e. The number of carbonyl (C=O) groups is 1. The van der Waals surface area contributed by atoms with E-state index >= 15 is 0 Å². The van der Waals surface area contributed by atoms with Crippen LogP contribution in [0, 0.1) is 0 Å². The molecular weight excluding hydrogens is 366 g/mol. The molecule has 1 aromatic carbocycles. The summed E-state index contributed by atoms with van der Waals surface area (Å²) in [4.78, 5) is 12.4. The quantitative estimate of drug-likeness (QED) is 0.720. The third kappa shape index (κ3) is 4.94. The van der Waals surface area contributed by atoms with Crippen LogP contribution in [0.15, 0.2) is 27.8 Å². The van der Waals surface area contributed by atoms with Crippen LogP contribution in [0.25, 0.3) is 11.5 Å². The number of rotatable bonds is 7. The fourth-order valence-corrected chi connectivity index (χ4v) is 3.81. The van der Waals surface area contributed by atoms with Crippen LogP contribution in [0.3, 0.4) is 0 Å². The van der Waals surface area contributed by atoms with Crippen LogP contribution in [0.5, 0.6) is 11.5 Å². The first-order valence-electron chi connectivity index (χ1n) is 9.13. The first-order chi connectivity index (χ1) is 13.1. The van der Waals surface area contributed by atoms with Crippen molar-refractivity contribution in [3.8, 4) is 23.0 Å². The molecule has 1 atom stereocenters. The van der Waals surface area contributed by atoms with Crippen molar-refractivity contribution < 1.29 is 18.7 Å². The van der Waals surface area contributed by atoms with Gasteiger partial charge in [0.2, 0.25) is 11.8 Å². The molecule has 0 saturated heterocycles. The Labute approximate surface area is 163 Å². The van der Waals surface area contributed by atoms with Gasteiger partial charge in [0.1, 0.15) is 0 Å². The second-order valence-corrected chi connectivity index (χ2v) is 7.84. The lowest BCUT2D eigenvalue weighted by atomic mass is 9.95. The van der Waals surface area contributed by atoms with Crippen LogP contribution in [0.2, 0.25) is 0 Å². The molecule has 7 nitrogen and oxygen atoms in total. The van der Waals surface area contributed by atoms with E-state index in [9.17, 15) is 4.79 Å². The number of thioether (sulfide) groups is 1. The average molecular weight is 391 g/mol. The fraction of sp³-hybridized carbons (Fsp3) is 0.526. The van der Waals surface area contributed by atoms with Gasteiger partial charge in [0.05, 0.1) is 19.5 Å². The zero-order valence-electron chi connectivity index (χ0n) is 15.9. The van der Waals surface area contributed by atoms with Gasteiger partial charge in [0.25, 0.3) is 5.22 Å². The summed E-state index contributed by atoms with van der Waals surface area (Å²) in [5, 5.41) is 11.3. The molecule has 1 aromatic heterocycles. The van der Waals surface area contributed by atoms with Gasteiger partial charge < -0.3 is 19.2 Å². The fourth-order valence-electron chi connectivity index (χ4n) is 3.11. The second kappa shape index (κ2) is 9.12. The van der Waals surface area contributed by atoms with Crippen LogP contribution in [-0.2, 0) is 4.79 Å². The third-order valence-electron chi connectivity index (χ3n) is 4.64. The first-order valence-corrected chi connectivity index (χ1v) is 10.0. The number of hydrogen-bond donors (Lipinski definition) is 1. The molecule has 1 heterocycles. The number of nitrogens with one attached hydrogen (secondary N) is 1. The maximum Gasteiger partial charge on any atom is 0.277 e. The lowest BCUT2D eigenvalue weighted by molar-refractivity contribution is -0.121. The Balaban J connectivity index is 1.62. The minimum atomic E-state index is -0.300. The van der Waals surface area contributed by atoms with Crippen molar-refractivity contribution in [2.24, 2.45) is 0 Å². The summed E-state index contributed by atoms with van der Waals surface area (Å²) in [7, 11) is 3.15. The summed E-state index contributed by atoms with van der Waals surface area (Å²) in [5.41, 5.74) is 0.728. The monoisotopic (exact) mass is 391 g/mol. The molecule has 0 bridgehead atoms. The van der Waals surface area contributed by atoms with Crippen LogP contribution >= 0.6 is 11.8 Å². The normalized spacial score (nSPS) is 16.0. The number of nitrogens with zero attached hydrogens (tertiary/aromatic N) is 2. The predicted octanol–water partition coefficient (Wildman–Crippen LogP) is 3.68. The zero-order chi connectivity index (χ0) is 19.2. The van der Waals surface area contributed by atoms with E-state index in [4.69, 9.17) is 13.9 Å². The van der Waals surface area contributed by atoms with Gasteiger partial charge in [-0.05, 0) is 38.0 Å². The van der Waals surface area contributed by atoms with Gasteiger partial charge in [-0.2, -0.15) is 0 Å². The van der Waals surface area contributed by atoms with Crippen molar-refractivity contribution in [1.82, 2.24) is 15.5 Å². The Morgan fingerprint density at radius 1 is 1.19 bits per heavy atom. The molecule has 8 heteroatoms. The van der Waals surface area contributed by atoms with Crippen molar-refractivity contribution >= 4 is 17.7 Å². The molecule has 1 amide bonds. The van der Waals surface area contributed by atoms with Crippen LogP contribution in [-0.4, -0.2) is 41.6 Å². The van der Waals surface area contributed by atoms with E-state index in [0.29, 0.717) is 28.7 Å². The molecule has 0 spiro atoms. The molecular formula is C19H25N3O4S. The molecule has 1 aliphatic carbocycles. The van der Waals surface area contributed by atoms with Crippen molar-refractivity contribution in [1.29, 1.82) is 0 Å². The van der Waals surface area contributed by atoms with Crippen molar-refractivity contribution in [2.45, 2.75) is 55.5 Å². The Kier molecular flexibility index (Phi) is 6.60. The van der Waals surface area contributed by atoms with Crippen molar-refractivity contribution in [3.05, 3.63) is 18.2 Å². The number of hydrogen-bond acceptors (Lipinski definition) is 7. The van der Waals surface area contributed by atoms with Crippen molar-refractivity contribution in [2.75, 3.05) is 14.2 Å². The number of aromatic nitrogens is 2. The number of ether oxygens (including phenoxy) is 2. The summed E-state index contributed by atoms with van der Waals surface area (Å²) < 4.78 is 16.3. The molecule has 3 rings (SSSR count). The lowest BCUT2D eigenvalue weighted by Gasteiger charge is -2.23. The smallest absolute Gasteiger partial charge is 0.277 e. The average Bonchev–Trinajstić information content (AvgIpc) is 3.16. The van der Waals surface area contributed by atoms with E-state index in [1.54, 1.807) is 26.4 Å². The molecule has 1 N–H and O–H groups in total. The van der Waals surface area contributed by atoms with E-state index in [1.807, 2.05) is 13.0 Å². The summed E-state index contributed by atoms with van der Waals surface area (Å²) in [6.07, 6.45) is 5.76. The summed E-state index contributed by atoms with van der Waals surface area (Å²) in [6, 6.07) is 5.67. The number of carbonyl (C=O) groups excluding carboxylic acids is 1. The summed E-state index contributed by atoms with van der Waals surface area (Å²) >= 11 is 1.27. The molecule has 0 unspecified atom stereocenters. The molecule has 27 heavy (non-hydrogen) atoms. The Bertz CT molecular complexity index is 774. The molecule has 0 aliphatic heterocycles. The molecule has 1 fully saturated rings. The number of amides is 1. The molecule has 0 radical (unpaired) electrons. The molecule has 1 aliphatic rings. The number of benzene rings is 1. The van der Waals surface area contributed by atoms with Gasteiger partial charge in [0, 0.05) is 11.6 Å². The van der Waals surface area contributed by atoms with Gasteiger partial charge in [0.15, 0.2) is 11.5 Å². The van der Waals surface area contributed by atoms with E-state index in [-0.39, 0.29) is 11.2 Å². The standard InChI is InChI=1S/C19H25N3O4S/c1-12(17(23)20-14-7-5-4-6-8-14)27-19-22-21-18(26-19)13-9-10-15(24-2)16(11-13)25-3/h9-12,14H,4-8H2,1-3H3,(H,20,23)/t12-/m0/s1. The lowest BCUT2D eigenvalue weighted by Crippen LogP contribution is -2.40. The minimum absolute atomic E-state index is 0.0118. The van der Waals surface area contributed by atoms with E-state index in [2.05, 4.69) is 15.5 Å². The highest BCUT2D eigenvalue weighted by molar-refractivity contribution is 8.00. The zero-order valence-corrected chi connectivity index (χ0v) is 16.7.